The third-order valence-corrected chi connectivity index (χ3v) is 4.09. The van der Waals surface area contributed by atoms with Gasteiger partial charge in [-0.25, -0.2) is 14.4 Å². The van der Waals surface area contributed by atoms with E-state index < -0.39 is 0 Å². The van der Waals surface area contributed by atoms with Crippen molar-refractivity contribution in [3.8, 4) is 11.3 Å². The molecule has 1 fully saturated rings. The summed E-state index contributed by atoms with van der Waals surface area (Å²) in [5.74, 6) is 0.393. The van der Waals surface area contributed by atoms with Gasteiger partial charge in [-0.15, -0.1) is 0 Å². The second-order valence-corrected chi connectivity index (χ2v) is 5.64. The Labute approximate surface area is 134 Å². The summed E-state index contributed by atoms with van der Waals surface area (Å²) in [4.78, 5) is 11.5. The molecular weight excluding hydrogens is 291 g/mol. The van der Waals surface area contributed by atoms with Crippen molar-refractivity contribution in [3.05, 3.63) is 54.3 Å². The van der Waals surface area contributed by atoms with Gasteiger partial charge in [0.25, 0.3) is 0 Å². The first-order valence-corrected chi connectivity index (χ1v) is 7.80. The number of benzene rings is 2. The highest BCUT2D eigenvalue weighted by atomic mass is 19.1. The normalized spacial score (nSPS) is 15.1. The molecule has 0 spiro atoms. The number of nitrogens with one attached hydrogen (secondary N) is 1. The number of halogens is 1. The third-order valence-electron chi connectivity index (χ3n) is 4.09. The monoisotopic (exact) mass is 308 g/mol. The molecule has 2 aromatic carbocycles. The first-order valence-electron chi connectivity index (χ1n) is 7.80. The van der Waals surface area contributed by atoms with E-state index in [1.807, 2.05) is 30.3 Å². The highest BCUT2D eigenvalue weighted by Crippen LogP contribution is 2.28. The van der Waals surface area contributed by atoms with Gasteiger partial charge in [-0.2, -0.15) is 0 Å². The van der Waals surface area contributed by atoms with Crippen LogP contribution in [0.15, 0.2) is 48.5 Å². The Balaban J connectivity index is 1.91. The summed E-state index contributed by atoms with van der Waals surface area (Å²) in [5, 5.41) is 4.19. The molecule has 1 aromatic heterocycles. The molecule has 23 heavy (non-hydrogen) atoms. The average Bonchev–Trinajstić information content (AvgIpc) is 2.62. The molecule has 0 amide bonds. The molecule has 4 rings (SSSR count). The van der Waals surface area contributed by atoms with E-state index in [9.17, 15) is 4.39 Å². The van der Waals surface area contributed by atoms with E-state index in [2.05, 4.69) is 15.2 Å². The van der Waals surface area contributed by atoms with Crippen molar-refractivity contribution in [2.75, 3.05) is 31.1 Å². The van der Waals surface area contributed by atoms with Crippen molar-refractivity contribution in [3.63, 3.8) is 0 Å². The molecule has 0 atom stereocenters. The zero-order valence-electron chi connectivity index (χ0n) is 12.7. The van der Waals surface area contributed by atoms with E-state index >= 15 is 0 Å². The highest BCUT2D eigenvalue weighted by molar-refractivity contribution is 5.93. The molecule has 1 N–H and O–H groups in total. The molecule has 0 unspecified atom stereocenters. The first-order chi connectivity index (χ1) is 11.3. The Morgan fingerprint density at radius 1 is 0.957 bits per heavy atom. The summed E-state index contributed by atoms with van der Waals surface area (Å²) in [6.45, 7) is 3.53. The maximum absolute atomic E-state index is 13.7. The van der Waals surface area contributed by atoms with Crippen LogP contribution in [0.25, 0.3) is 22.2 Å². The Morgan fingerprint density at radius 3 is 2.52 bits per heavy atom. The molecule has 4 nitrogen and oxygen atoms in total. The minimum absolute atomic E-state index is 0.276. The zero-order valence-corrected chi connectivity index (χ0v) is 12.7. The van der Waals surface area contributed by atoms with Crippen LogP contribution in [0, 0.1) is 5.82 Å². The van der Waals surface area contributed by atoms with Crippen LogP contribution in [0.4, 0.5) is 10.3 Å². The van der Waals surface area contributed by atoms with E-state index in [0.717, 1.165) is 42.8 Å². The van der Waals surface area contributed by atoms with Gasteiger partial charge in [0.05, 0.1) is 11.2 Å². The molecule has 116 valence electrons. The minimum Gasteiger partial charge on any atom is -0.338 e. The van der Waals surface area contributed by atoms with E-state index in [4.69, 9.17) is 4.98 Å². The van der Waals surface area contributed by atoms with Gasteiger partial charge in [0, 0.05) is 43.2 Å². The Kier molecular flexibility index (Phi) is 3.63. The van der Waals surface area contributed by atoms with Crippen LogP contribution in [0.3, 0.4) is 0 Å². The largest absolute Gasteiger partial charge is 0.338 e. The summed E-state index contributed by atoms with van der Waals surface area (Å²) >= 11 is 0. The van der Waals surface area contributed by atoms with Gasteiger partial charge in [-0.3, -0.25) is 0 Å². The van der Waals surface area contributed by atoms with Gasteiger partial charge in [0.15, 0.2) is 0 Å². The molecule has 0 bridgehead atoms. The van der Waals surface area contributed by atoms with Crippen molar-refractivity contribution in [1.82, 2.24) is 15.3 Å². The standard InChI is InChI=1S/C18H17FN4/c19-14-6-7-15-16(12-14)21-18(23-10-8-20-9-11-23)22-17(15)13-4-2-1-3-5-13/h1-7,12,20H,8-11H2. The highest BCUT2D eigenvalue weighted by Gasteiger charge is 2.17. The fraction of sp³-hybridized carbons (Fsp3) is 0.222. The van der Waals surface area contributed by atoms with Gasteiger partial charge in [0.2, 0.25) is 5.95 Å². The number of anilines is 1. The molecule has 0 radical (unpaired) electrons. The smallest absolute Gasteiger partial charge is 0.226 e. The number of aromatic nitrogens is 2. The number of hydrogen-bond donors (Lipinski definition) is 1. The topological polar surface area (TPSA) is 41.1 Å². The van der Waals surface area contributed by atoms with Crippen molar-refractivity contribution in [2.24, 2.45) is 0 Å². The average molecular weight is 308 g/mol. The molecule has 0 saturated carbocycles. The van der Waals surface area contributed by atoms with Crippen LogP contribution in [-0.4, -0.2) is 36.1 Å². The summed E-state index contributed by atoms with van der Waals surface area (Å²) in [5.41, 5.74) is 2.51. The minimum atomic E-state index is -0.276. The molecule has 1 aliphatic heterocycles. The number of fused-ring (bicyclic) bond motifs is 1. The van der Waals surface area contributed by atoms with Crippen LogP contribution in [0.2, 0.25) is 0 Å². The van der Waals surface area contributed by atoms with Crippen LogP contribution < -0.4 is 10.2 Å². The lowest BCUT2D eigenvalue weighted by atomic mass is 10.1. The van der Waals surface area contributed by atoms with E-state index in [1.54, 1.807) is 6.07 Å². The summed E-state index contributed by atoms with van der Waals surface area (Å²) in [6, 6.07) is 14.7. The summed E-state index contributed by atoms with van der Waals surface area (Å²) in [7, 11) is 0. The van der Waals surface area contributed by atoms with Gasteiger partial charge in [0.1, 0.15) is 5.82 Å². The Morgan fingerprint density at radius 2 is 1.74 bits per heavy atom. The maximum Gasteiger partial charge on any atom is 0.226 e. The number of nitrogens with zero attached hydrogens (tertiary/aromatic N) is 3. The zero-order chi connectivity index (χ0) is 15.6. The van der Waals surface area contributed by atoms with Crippen molar-refractivity contribution in [2.45, 2.75) is 0 Å². The predicted octanol–water partition coefficient (Wildman–Crippen LogP) is 2.85. The van der Waals surface area contributed by atoms with Gasteiger partial charge in [-0.05, 0) is 12.1 Å². The van der Waals surface area contributed by atoms with Gasteiger partial charge in [-0.1, -0.05) is 30.3 Å². The SMILES string of the molecule is Fc1ccc2c(-c3ccccc3)nc(N3CCNCC3)nc2c1. The van der Waals surface area contributed by atoms with Gasteiger partial charge >= 0.3 is 0 Å². The van der Waals surface area contributed by atoms with Crippen molar-refractivity contribution < 1.29 is 4.39 Å². The molecule has 3 aromatic rings. The fourth-order valence-electron chi connectivity index (χ4n) is 2.91. The molecule has 5 heteroatoms. The maximum atomic E-state index is 13.7. The molecular formula is C18H17FN4. The lowest BCUT2D eigenvalue weighted by Crippen LogP contribution is -2.44. The first kappa shape index (κ1) is 14.1. The van der Waals surface area contributed by atoms with E-state index in [-0.39, 0.29) is 5.82 Å². The summed E-state index contributed by atoms with van der Waals surface area (Å²) < 4.78 is 13.7. The molecule has 2 heterocycles. The lowest BCUT2D eigenvalue weighted by molar-refractivity contribution is 0.580. The van der Waals surface area contributed by atoms with E-state index in [1.165, 1.54) is 12.1 Å². The van der Waals surface area contributed by atoms with E-state index in [0.29, 0.717) is 11.5 Å². The van der Waals surface area contributed by atoms with Crippen molar-refractivity contribution >= 4 is 16.9 Å². The molecule has 1 aliphatic rings. The van der Waals surface area contributed by atoms with Crippen molar-refractivity contribution in [1.29, 1.82) is 0 Å². The second-order valence-electron chi connectivity index (χ2n) is 5.64. The van der Waals surface area contributed by atoms with Crippen LogP contribution in [0.5, 0.6) is 0 Å². The molecule has 1 saturated heterocycles. The number of hydrogen-bond acceptors (Lipinski definition) is 4. The Bertz CT molecular complexity index is 829. The predicted molar refractivity (Wildman–Crippen MR) is 90.0 cm³/mol. The van der Waals surface area contributed by atoms with Crippen LogP contribution >= 0.6 is 0 Å². The van der Waals surface area contributed by atoms with Crippen LogP contribution in [-0.2, 0) is 0 Å². The number of rotatable bonds is 2. The third kappa shape index (κ3) is 2.75. The summed E-state index contributed by atoms with van der Waals surface area (Å²) in [6.07, 6.45) is 0. The lowest BCUT2D eigenvalue weighted by Gasteiger charge is -2.28. The molecule has 0 aliphatic carbocycles. The fourth-order valence-corrected chi connectivity index (χ4v) is 2.91. The van der Waals surface area contributed by atoms with Crippen LogP contribution in [0.1, 0.15) is 0 Å². The Hall–Kier alpha value is -2.53. The quantitative estimate of drug-likeness (QED) is 0.790. The number of piperazine rings is 1. The second kappa shape index (κ2) is 5.93. The van der Waals surface area contributed by atoms with Gasteiger partial charge < -0.3 is 10.2 Å².